The summed E-state index contributed by atoms with van der Waals surface area (Å²) < 4.78 is 0. The molecule has 1 heterocycles. The molecule has 1 aromatic rings. The van der Waals surface area contributed by atoms with Crippen molar-refractivity contribution in [2.24, 2.45) is 17.2 Å². The van der Waals surface area contributed by atoms with E-state index in [9.17, 15) is 28.8 Å². The number of carboxylic acids is 1. The van der Waals surface area contributed by atoms with Crippen molar-refractivity contribution in [2.45, 2.75) is 43.4 Å². The smallest absolute Gasteiger partial charge is 0.326 e. The molecule has 0 saturated heterocycles. The third-order valence-corrected chi connectivity index (χ3v) is 4.20. The van der Waals surface area contributed by atoms with E-state index in [0.717, 1.165) is 0 Å². The Morgan fingerprint density at radius 3 is 1.91 bits per heavy atom. The number of aromatic nitrogens is 2. The van der Waals surface area contributed by atoms with Crippen molar-refractivity contribution in [3.05, 3.63) is 18.2 Å². The van der Waals surface area contributed by atoms with Crippen molar-refractivity contribution < 1.29 is 39.0 Å². The summed E-state index contributed by atoms with van der Waals surface area (Å²) in [5.74, 6) is -6.55. The second-order valence-electron chi connectivity index (χ2n) is 6.93. The number of hydrogen-bond acceptors (Lipinski definition) is 9. The number of hydrogen-bond donors (Lipinski definition) is 9. The summed E-state index contributed by atoms with van der Waals surface area (Å²) in [5.41, 5.74) is 15.9. The zero-order valence-electron chi connectivity index (χ0n) is 17.3. The molecule has 1 rings (SSSR count). The molecular formula is C17H26N8O8. The average Bonchev–Trinajstić information content (AvgIpc) is 3.23. The fourth-order valence-electron chi connectivity index (χ4n) is 2.54. The van der Waals surface area contributed by atoms with E-state index < -0.39 is 79.1 Å². The summed E-state index contributed by atoms with van der Waals surface area (Å²) in [6.07, 6.45) is 1.09. The molecule has 1 aromatic heterocycles. The minimum absolute atomic E-state index is 0.139. The van der Waals surface area contributed by atoms with E-state index in [2.05, 4.69) is 20.6 Å². The highest BCUT2D eigenvalue weighted by Crippen LogP contribution is 2.03. The number of aliphatic hydroxyl groups excluding tert-OH is 1. The molecule has 16 nitrogen and oxygen atoms in total. The molecule has 0 aliphatic heterocycles. The molecule has 182 valence electrons. The Kier molecular flexibility index (Phi) is 10.4. The predicted octanol–water partition coefficient (Wildman–Crippen LogP) is -5.44. The molecule has 0 aromatic carbocycles. The Balaban J connectivity index is 3.05. The van der Waals surface area contributed by atoms with Crippen LogP contribution in [0, 0.1) is 0 Å². The maximum absolute atomic E-state index is 12.8. The van der Waals surface area contributed by atoms with Crippen LogP contribution in [0.5, 0.6) is 0 Å². The Morgan fingerprint density at radius 2 is 1.42 bits per heavy atom. The number of H-pyrrole nitrogens is 1. The van der Waals surface area contributed by atoms with Crippen molar-refractivity contribution in [2.75, 3.05) is 6.61 Å². The predicted molar refractivity (Wildman–Crippen MR) is 108 cm³/mol. The lowest BCUT2D eigenvalue weighted by molar-refractivity contribution is -0.144. The van der Waals surface area contributed by atoms with Crippen LogP contribution >= 0.6 is 0 Å². The first-order chi connectivity index (χ1) is 15.4. The van der Waals surface area contributed by atoms with Crippen molar-refractivity contribution in [3.63, 3.8) is 0 Å². The molecule has 0 spiro atoms. The number of carbonyl (C=O) groups excluding carboxylic acids is 5. The van der Waals surface area contributed by atoms with Gasteiger partial charge in [0.1, 0.15) is 24.2 Å². The SMILES string of the molecule is NC(=O)CC(NC(=O)C(CC(N)=O)NC(=O)C(Cc1cnc[nH]1)NC(=O)C(N)CO)C(=O)O. The zero-order valence-corrected chi connectivity index (χ0v) is 17.3. The number of nitrogens with two attached hydrogens (primary N) is 3. The lowest BCUT2D eigenvalue weighted by atomic mass is 10.1. The quantitative estimate of drug-likeness (QED) is 0.124. The maximum atomic E-state index is 12.8. The van der Waals surface area contributed by atoms with Gasteiger partial charge in [-0.05, 0) is 0 Å². The van der Waals surface area contributed by atoms with Gasteiger partial charge in [-0.25, -0.2) is 9.78 Å². The molecule has 0 aliphatic rings. The minimum atomic E-state index is -1.72. The molecular weight excluding hydrogens is 444 g/mol. The van der Waals surface area contributed by atoms with Crippen LogP contribution in [0.1, 0.15) is 18.5 Å². The second-order valence-corrected chi connectivity index (χ2v) is 6.93. The van der Waals surface area contributed by atoms with Crippen LogP contribution in [-0.2, 0) is 35.2 Å². The fraction of sp³-hybridized carbons (Fsp3) is 0.471. The molecule has 16 heteroatoms. The Hall–Kier alpha value is -4.05. The minimum Gasteiger partial charge on any atom is -0.480 e. The van der Waals surface area contributed by atoms with Crippen LogP contribution in [0.15, 0.2) is 12.5 Å². The Bertz CT molecular complexity index is 874. The fourth-order valence-corrected chi connectivity index (χ4v) is 2.54. The molecule has 0 bridgehead atoms. The van der Waals surface area contributed by atoms with E-state index in [-0.39, 0.29) is 6.42 Å². The highest BCUT2D eigenvalue weighted by Gasteiger charge is 2.32. The lowest BCUT2D eigenvalue weighted by Gasteiger charge is -2.24. The van der Waals surface area contributed by atoms with Gasteiger partial charge in [0.25, 0.3) is 0 Å². The van der Waals surface area contributed by atoms with Crippen LogP contribution in [0.4, 0.5) is 0 Å². The van der Waals surface area contributed by atoms with Gasteiger partial charge in [0.2, 0.25) is 29.5 Å². The summed E-state index contributed by atoms with van der Waals surface area (Å²) >= 11 is 0. The summed E-state index contributed by atoms with van der Waals surface area (Å²) in [5, 5.41) is 24.7. The first kappa shape index (κ1) is 27.0. The summed E-state index contributed by atoms with van der Waals surface area (Å²) in [6, 6.07) is -6.03. The van der Waals surface area contributed by atoms with Crippen LogP contribution in [0.3, 0.4) is 0 Å². The van der Waals surface area contributed by atoms with E-state index in [0.29, 0.717) is 5.69 Å². The van der Waals surface area contributed by atoms with Gasteiger partial charge in [-0.2, -0.15) is 0 Å². The Morgan fingerprint density at radius 1 is 0.909 bits per heavy atom. The largest absolute Gasteiger partial charge is 0.480 e. The first-order valence-electron chi connectivity index (χ1n) is 9.48. The number of nitrogens with zero attached hydrogens (tertiary/aromatic N) is 1. The van der Waals surface area contributed by atoms with Gasteiger partial charge >= 0.3 is 5.97 Å². The van der Waals surface area contributed by atoms with Crippen molar-refractivity contribution in [1.82, 2.24) is 25.9 Å². The van der Waals surface area contributed by atoms with E-state index in [1.54, 1.807) is 0 Å². The van der Waals surface area contributed by atoms with Crippen LogP contribution in [-0.4, -0.2) is 86.5 Å². The second kappa shape index (κ2) is 12.7. The number of rotatable bonds is 14. The number of imidazole rings is 1. The van der Waals surface area contributed by atoms with Gasteiger partial charge in [-0.1, -0.05) is 0 Å². The number of primary amides is 2. The molecule has 5 amide bonds. The summed E-state index contributed by atoms with van der Waals surface area (Å²) in [6.45, 7) is -0.701. The third-order valence-electron chi connectivity index (χ3n) is 4.20. The van der Waals surface area contributed by atoms with E-state index >= 15 is 0 Å². The number of amides is 5. The van der Waals surface area contributed by atoms with Crippen LogP contribution in [0.25, 0.3) is 0 Å². The number of aromatic amines is 1. The number of aliphatic hydroxyl groups is 1. The van der Waals surface area contributed by atoms with E-state index in [1.165, 1.54) is 12.5 Å². The standard InChI is InChI=1S/C17H26N8O8/c18-8(5-26)14(29)23-9(1-7-4-21-6-22-7)15(30)24-10(2-12(19)27)16(31)25-11(17(32)33)3-13(20)28/h4,6,8-11,26H,1-3,5,18H2,(H2,19,27)(H2,20,28)(H,21,22)(H,23,29)(H,24,30)(H,25,31)(H,32,33). The number of nitrogens with one attached hydrogen (secondary N) is 4. The van der Waals surface area contributed by atoms with Gasteiger partial charge in [-0.3, -0.25) is 24.0 Å². The number of aliphatic carboxylic acids is 1. The van der Waals surface area contributed by atoms with E-state index in [4.69, 9.17) is 27.4 Å². The molecule has 0 saturated carbocycles. The first-order valence-corrected chi connectivity index (χ1v) is 9.48. The average molecular weight is 470 g/mol. The van der Waals surface area contributed by atoms with Crippen molar-refractivity contribution >= 4 is 35.5 Å². The van der Waals surface area contributed by atoms with Crippen molar-refractivity contribution in [3.8, 4) is 0 Å². The molecule has 12 N–H and O–H groups in total. The number of carboxylic acid groups (broad SMARTS) is 1. The van der Waals surface area contributed by atoms with Gasteiger partial charge in [0, 0.05) is 18.3 Å². The van der Waals surface area contributed by atoms with Gasteiger partial charge in [0.05, 0.1) is 25.8 Å². The third kappa shape index (κ3) is 9.32. The molecule has 4 atom stereocenters. The molecule has 33 heavy (non-hydrogen) atoms. The summed E-state index contributed by atoms with van der Waals surface area (Å²) in [7, 11) is 0. The molecule has 0 aliphatic carbocycles. The van der Waals surface area contributed by atoms with E-state index in [1.807, 2.05) is 5.32 Å². The zero-order chi connectivity index (χ0) is 25.1. The van der Waals surface area contributed by atoms with Gasteiger partial charge in [0.15, 0.2) is 0 Å². The molecule has 0 fully saturated rings. The molecule has 4 unspecified atom stereocenters. The highest BCUT2D eigenvalue weighted by atomic mass is 16.4. The monoisotopic (exact) mass is 470 g/mol. The van der Waals surface area contributed by atoms with Crippen LogP contribution < -0.4 is 33.2 Å². The number of carbonyl (C=O) groups is 6. The Labute approximate surface area is 186 Å². The normalized spacial score (nSPS) is 14.2. The highest BCUT2D eigenvalue weighted by molar-refractivity contribution is 5.96. The van der Waals surface area contributed by atoms with Crippen molar-refractivity contribution in [1.29, 1.82) is 0 Å². The molecule has 0 radical (unpaired) electrons. The topological polar surface area (TPSA) is 286 Å². The lowest BCUT2D eigenvalue weighted by Crippen LogP contribution is -2.58. The maximum Gasteiger partial charge on any atom is 0.326 e. The van der Waals surface area contributed by atoms with Crippen LogP contribution in [0.2, 0.25) is 0 Å². The summed E-state index contributed by atoms with van der Waals surface area (Å²) in [4.78, 5) is 77.6. The van der Waals surface area contributed by atoms with Gasteiger partial charge in [-0.15, -0.1) is 0 Å². The van der Waals surface area contributed by atoms with Gasteiger partial charge < -0.3 is 48.3 Å².